The fourth-order valence-electron chi connectivity index (χ4n) is 3.60. The van der Waals surface area contributed by atoms with E-state index in [1.807, 2.05) is 13.8 Å². The monoisotopic (exact) mass is 432 g/mol. The molecule has 4 rings (SSSR count). The molecule has 160 valence electrons. The van der Waals surface area contributed by atoms with Crippen LogP contribution in [0.3, 0.4) is 0 Å². The summed E-state index contributed by atoms with van der Waals surface area (Å²) in [5.74, 6) is 0.777. The first-order chi connectivity index (χ1) is 14.3. The molecule has 2 aliphatic rings. The van der Waals surface area contributed by atoms with Crippen molar-refractivity contribution in [3.05, 3.63) is 48.0 Å². The molecule has 2 aromatic carbocycles. The first-order valence-electron chi connectivity index (χ1n) is 9.79. The Morgan fingerprint density at radius 3 is 2.43 bits per heavy atom. The van der Waals surface area contributed by atoms with Gasteiger partial charge >= 0.3 is 0 Å². The van der Waals surface area contributed by atoms with Gasteiger partial charge in [0.25, 0.3) is 5.91 Å². The second-order valence-corrected chi connectivity index (χ2v) is 9.36. The smallest absolute Gasteiger partial charge is 0.255 e. The van der Waals surface area contributed by atoms with Crippen molar-refractivity contribution in [2.24, 2.45) is 0 Å². The second kappa shape index (κ2) is 8.25. The summed E-state index contributed by atoms with van der Waals surface area (Å²) in [4.78, 5) is 12.8. The largest absolute Gasteiger partial charge is 0.486 e. The summed E-state index contributed by atoms with van der Waals surface area (Å²) in [5.41, 5.74) is 0.786. The first-order valence-corrected chi connectivity index (χ1v) is 11.2. The van der Waals surface area contributed by atoms with Gasteiger partial charge in [-0.3, -0.25) is 4.79 Å². The Bertz CT molecular complexity index is 1050. The second-order valence-electron chi connectivity index (χ2n) is 7.42. The predicted molar refractivity (Wildman–Crippen MR) is 111 cm³/mol. The zero-order valence-electron chi connectivity index (χ0n) is 16.8. The standard InChI is InChI=1S/C21H24N2O6S/c1-14-12-23(13-15(2)29-14)30(25,26)18-5-3-4-16(10-18)21(24)22-17-6-7-19-20(11-17)28-9-8-27-19/h3-7,10-11,14-15H,8-9,12-13H2,1-2H3,(H,22,24)/t14-,15-/m1/s1. The number of nitrogens with zero attached hydrogens (tertiary/aromatic N) is 1. The molecule has 0 radical (unpaired) electrons. The minimum Gasteiger partial charge on any atom is -0.486 e. The van der Waals surface area contributed by atoms with Crippen LogP contribution in [0.1, 0.15) is 24.2 Å². The first kappa shape index (κ1) is 20.6. The van der Waals surface area contributed by atoms with Crippen molar-refractivity contribution in [1.29, 1.82) is 0 Å². The lowest BCUT2D eigenvalue weighted by molar-refractivity contribution is -0.0440. The Balaban J connectivity index is 1.53. The number of ether oxygens (including phenoxy) is 3. The van der Waals surface area contributed by atoms with E-state index in [0.29, 0.717) is 30.4 Å². The van der Waals surface area contributed by atoms with E-state index in [-0.39, 0.29) is 35.8 Å². The van der Waals surface area contributed by atoms with Gasteiger partial charge in [0.1, 0.15) is 13.2 Å². The SMILES string of the molecule is C[C@@H]1CN(S(=O)(=O)c2cccc(C(=O)Nc3ccc4c(c3)OCCO4)c2)C[C@@H](C)O1. The van der Waals surface area contributed by atoms with E-state index in [4.69, 9.17) is 14.2 Å². The summed E-state index contributed by atoms with van der Waals surface area (Å²) in [6.45, 7) is 5.18. The number of benzene rings is 2. The van der Waals surface area contributed by atoms with Crippen molar-refractivity contribution in [2.75, 3.05) is 31.6 Å². The Labute approximate surface area is 175 Å². The molecular formula is C21H24N2O6S. The average molecular weight is 432 g/mol. The zero-order chi connectivity index (χ0) is 21.3. The number of rotatable bonds is 4. The molecule has 2 atom stereocenters. The number of anilines is 1. The van der Waals surface area contributed by atoms with Gasteiger partial charge in [-0.15, -0.1) is 0 Å². The van der Waals surface area contributed by atoms with Crippen molar-refractivity contribution in [3.63, 3.8) is 0 Å². The molecule has 0 bridgehead atoms. The van der Waals surface area contributed by atoms with Gasteiger partial charge in [0.15, 0.2) is 11.5 Å². The lowest BCUT2D eigenvalue weighted by atomic mass is 10.2. The van der Waals surface area contributed by atoms with Crippen LogP contribution in [0.4, 0.5) is 5.69 Å². The molecule has 0 unspecified atom stereocenters. The van der Waals surface area contributed by atoms with Crippen LogP contribution in [0, 0.1) is 0 Å². The van der Waals surface area contributed by atoms with E-state index in [0.717, 1.165) is 0 Å². The molecule has 0 saturated carbocycles. The predicted octanol–water partition coefficient (Wildman–Crippen LogP) is 2.51. The lowest BCUT2D eigenvalue weighted by Crippen LogP contribution is -2.48. The van der Waals surface area contributed by atoms with Gasteiger partial charge in [0.2, 0.25) is 10.0 Å². The highest BCUT2D eigenvalue weighted by Gasteiger charge is 2.32. The number of morpholine rings is 1. The molecule has 0 spiro atoms. The molecule has 2 heterocycles. The van der Waals surface area contributed by atoms with Crippen LogP contribution < -0.4 is 14.8 Å². The third kappa shape index (κ3) is 4.28. The molecule has 9 heteroatoms. The van der Waals surface area contributed by atoms with Crippen LogP contribution in [-0.4, -0.2) is 57.1 Å². The maximum atomic E-state index is 13.1. The van der Waals surface area contributed by atoms with Gasteiger partial charge in [0.05, 0.1) is 17.1 Å². The Hall–Kier alpha value is -2.62. The zero-order valence-corrected chi connectivity index (χ0v) is 17.6. The third-order valence-corrected chi connectivity index (χ3v) is 6.75. The summed E-state index contributed by atoms with van der Waals surface area (Å²) in [6.07, 6.45) is -0.379. The molecule has 2 aromatic rings. The number of nitrogens with one attached hydrogen (secondary N) is 1. The van der Waals surface area contributed by atoms with Crippen molar-refractivity contribution in [3.8, 4) is 11.5 Å². The summed E-state index contributed by atoms with van der Waals surface area (Å²) in [5, 5.41) is 2.78. The minimum absolute atomic E-state index is 0.0821. The molecule has 2 aliphatic heterocycles. The highest BCUT2D eigenvalue weighted by Crippen LogP contribution is 2.32. The number of carbonyl (C=O) groups excluding carboxylic acids is 1. The van der Waals surface area contributed by atoms with Crippen molar-refractivity contribution >= 4 is 21.6 Å². The van der Waals surface area contributed by atoms with Gasteiger partial charge in [-0.2, -0.15) is 4.31 Å². The van der Waals surface area contributed by atoms with E-state index < -0.39 is 15.9 Å². The molecule has 30 heavy (non-hydrogen) atoms. The molecule has 1 amide bonds. The molecule has 8 nitrogen and oxygen atoms in total. The summed E-state index contributed by atoms with van der Waals surface area (Å²) in [7, 11) is -3.73. The molecule has 0 aliphatic carbocycles. The lowest BCUT2D eigenvalue weighted by Gasteiger charge is -2.34. The fourth-order valence-corrected chi connectivity index (χ4v) is 5.24. The van der Waals surface area contributed by atoms with Crippen LogP contribution in [0.5, 0.6) is 11.5 Å². The van der Waals surface area contributed by atoms with Crippen molar-refractivity contribution < 1.29 is 27.4 Å². The maximum absolute atomic E-state index is 13.1. The number of sulfonamides is 1. The van der Waals surface area contributed by atoms with Crippen LogP contribution in [0.25, 0.3) is 0 Å². The van der Waals surface area contributed by atoms with Gasteiger partial charge in [-0.25, -0.2) is 8.42 Å². The topological polar surface area (TPSA) is 94.2 Å². The quantitative estimate of drug-likeness (QED) is 0.798. The highest BCUT2D eigenvalue weighted by atomic mass is 32.2. The molecule has 1 N–H and O–H groups in total. The van der Waals surface area contributed by atoms with Crippen LogP contribution in [0.15, 0.2) is 47.4 Å². The average Bonchev–Trinajstić information content (AvgIpc) is 2.73. The third-order valence-electron chi connectivity index (χ3n) is 4.92. The van der Waals surface area contributed by atoms with E-state index in [1.165, 1.54) is 16.4 Å². The molecule has 0 aromatic heterocycles. The van der Waals surface area contributed by atoms with Crippen molar-refractivity contribution in [1.82, 2.24) is 4.31 Å². The number of amides is 1. The minimum atomic E-state index is -3.73. The Morgan fingerprint density at radius 1 is 1.00 bits per heavy atom. The van der Waals surface area contributed by atoms with Gasteiger partial charge < -0.3 is 19.5 Å². The number of carbonyl (C=O) groups is 1. The summed E-state index contributed by atoms with van der Waals surface area (Å²) >= 11 is 0. The van der Waals surface area contributed by atoms with Crippen molar-refractivity contribution in [2.45, 2.75) is 31.0 Å². The van der Waals surface area contributed by atoms with Crippen LogP contribution in [0.2, 0.25) is 0 Å². The molecular weight excluding hydrogens is 408 g/mol. The Kier molecular flexibility index (Phi) is 5.68. The molecule has 1 fully saturated rings. The summed E-state index contributed by atoms with van der Waals surface area (Å²) < 4.78 is 44.2. The number of fused-ring (bicyclic) bond motifs is 1. The van der Waals surface area contributed by atoms with E-state index in [9.17, 15) is 13.2 Å². The normalized spacial score (nSPS) is 21.8. The Morgan fingerprint density at radius 2 is 1.70 bits per heavy atom. The van der Waals surface area contributed by atoms with Gasteiger partial charge in [-0.1, -0.05) is 6.07 Å². The van der Waals surface area contributed by atoms with Crippen LogP contribution >= 0.6 is 0 Å². The van der Waals surface area contributed by atoms with Gasteiger partial charge in [-0.05, 0) is 44.2 Å². The van der Waals surface area contributed by atoms with E-state index >= 15 is 0 Å². The van der Waals surface area contributed by atoms with E-state index in [1.54, 1.807) is 30.3 Å². The number of hydrogen-bond donors (Lipinski definition) is 1. The van der Waals surface area contributed by atoms with E-state index in [2.05, 4.69) is 5.32 Å². The van der Waals surface area contributed by atoms with Gasteiger partial charge in [0, 0.05) is 30.4 Å². The molecule has 1 saturated heterocycles. The number of hydrogen-bond acceptors (Lipinski definition) is 6. The van der Waals surface area contributed by atoms with Crippen LogP contribution in [-0.2, 0) is 14.8 Å². The summed E-state index contributed by atoms with van der Waals surface area (Å²) in [6, 6.07) is 11.2. The maximum Gasteiger partial charge on any atom is 0.255 e. The fraction of sp³-hybridized carbons (Fsp3) is 0.381. The highest BCUT2D eigenvalue weighted by molar-refractivity contribution is 7.89.